The summed E-state index contributed by atoms with van der Waals surface area (Å²) in [6.45, 7) is 0. The number of benzene rings is 2. The fraction of sp³-hybridized carbons (Fsp3) is 0.158. The maximum Gasteiger partial charge on any atom is 0.296 e. The molecule has 7 nitrogen and oxygen atoms in total. The van der Waals surface area contributed by atoms with Gasteiger partial charge in [0.2, 0.25) is 5.78 Å². The lowest BCUT2D eigenvalue weighted by Gasteiger charge is -2.10. The Morgan fingerprint density at radius 2 is 1.69 bits per heavy atom. The first-order chi connectivity index (χ1) is 12.5. The second-order valence-electron chi connectivity index (χ2n) is 5.15. The zero-order chi connectivity index (χ0) is 19.1. The maximum atomic E-state index is 12.0. The topological polar surface area (TPSA) is 94.1 Å². The first-order valence-corrected chi connectivity index (χ1v) is 7.61. The lowest BCUT2D eigenvalue weighted by Crippen LogP contribution is -2.21. The summed E-state index contributed by atoms with van der Waals surface area (Å²) in [7, 11) is 4.44. The van der Waals surface area contributed by atoms with Gasteiger partial charge in [-0.2, -0.15) is 0 Å². The highest BCUT2D eigenvalue weighted by molar-refractivity contribution is 6.45. The van der Waals surface area contributed by atoms with Crippen LogP contribution >= 0.6 is 0 Å². The standard InChI is InChI=1S/C19H19NO6/c1-24-14-6-4-5-12(9-14)15(21)11-16(22)19(23)20-13-7-8-17(25-2)18(10-13)26-3/h4-11,21H,1-3H3,(H,20,23). The van der Waals surface area contributed by atoms with Crippen molar-refractivity contribution in [1.82, 2.24) is 0 Å². The van der Waals surface area contributed by atoms with E-state index < -0.39 is 11.7 Å². The van der Waals surface area contributed by atoms with Gasteiger partial charge in [0.1, 0.15) is 11.5 Å². The molecule has 0 aliphatic rings. The molecule has 1 amide bonds. The van der Waals surface area contributed by atoms with E-state index in [2.05, 4.69) is 5.32 Å². The first kappa shape index (κ1) is 18.9. The Morgan fingerprint density at radius 1 is 0.962 bits per heavy atom. The third-order valence-corrected chi connectivity index (χ3v) is 3.50. The minimum atomic E-state index is -0.903. The number of hydrogen-bond donors (Lipinski definition) is 2. The number of carbonyl (C=O) groups excluding carboxylic acids is 2. The van der Waals surface area contributed by atoms with E-state index in [0.717, 1.165) is 6.08 Å². The van der Waals surface area contributed by atoms with Crippen molar-refractivity contribution in [3.05, 3.63) is 54.1 Å². The average molecular weight is 357 g/mol. The van der Waals surface area contributed by atoms with Crippen LogP contribution in [0, 0.1) is 0 Å². The van der Waals surface area contributed by atoms with Gasteiger partial charge in [0.15, 0.2) is 11.5 Å². The molecule has 0 saturated heterocycles. The summed E-state index contributed by atoms with van der Waals surface area (Å²) in [5.74, 6) is -0.715. The molecule has 0 aliphatic carbocycles. The van der Waals surface area contributed by atoms with Crippen LogP contribution in [0.2, 0.25) is 0 Å². The quantitative estimate of drug-likeness (QED) is 0.450. The molecule has 7 heteroatoms. The van der Waals surface area contributed by atoms with Gasteiger partial charge in [-0.3, -0.25) is 9.59 Å². The molecule has 0 fully saturated rings. The van der Waals surface area contributed by atoms with Gasteiger partial charge < -0.3 is 24.6 Å². The SMILES string of the molecule is COc1cccc(C(O)=CC(=O)C(=O)Nc2ccc(OC)c(OC)c2)c1. The number of ketones is 1. The van der Waals surface area contributed by atoms with Gasteiger partial charge >= 0.3 is 0 Å². The van der Waals surface area contributed by atoms with E-state index in [9.17, 15) is 14.7 Å². The Bertz CT molecular complexity index is 844. The molecule has 0 bridgehead atoms. The summed E-state index contributed by atoms with van der Waals surface area (Å²) < 4.78 is 15.3. The maximum absolute atomic E-state index is 12.0. The highest BCUT2D eigenvalue weighted by Gasteiger charge is 2.15. The summed E-state index contributed by atoms with van der Waals surface area (Å²) >= 11 is 0. The molecule has 0 spiro atoms. The Hall–Kier alpha value is -3.48. The van der Waals surface area contributed by atoms with Crippen molar-refractivity contribution in [3.8, 4) is 17.2 Å². The number of aliphatic hydroxyl groups is 1. The molecule has 26 heavy (non-hydrogen) atoms. The van der Waals surface area contributed by atoms with Gasteiger partial charge in [-0.1, -0.05) is 12.1 Å². The van der Waals surface area contributed by atoms with Crippen molar-refractivity contribution in [2.45, 2.75) is 0 Å². The molecule has 2 aromatic rings. The summed E-state index contributed by atoms with van der Waals surface area (Å²) in [5.41, 5.74) is 0.715. The van der Waals surface area contributed by atoms with Gasteiger partial charge in [0.25, 0.3) is 5.91 Å². The Kier molecular flexibility index (Phi) is 6.21. The largest absolute Gasteiger partial charge is 0.507 e. The second-order valence-corrected chi connectivity index (χ2v) is 5.15. The van der Waals surface area contributed by atoms with Gasteiger partial charge in [0, 0.05) is 23.4 Å². The number of nitrogens with one attached hydrogen (secondary N) is 1. The molecule has 2 aromatic carbocycles. The van der Waals surface area contributed by atoms with Crippen molar-refractivity contribution in [2.75, 3.05) is 26.6 Å². The molecule has 0 atom stereocenters. The molecule has 2 rings (SSSR count). The fourth-order valence-corrected chi connectivity index (χ4v) is 2.16. The van der Waals surface area contributed by atoms with Gasteiger partial charge in [-0.25, -0.2) is 0 Å². The van der Waals surface area contributed by atoms with Gasteiger partial charge in [-0.15, -0.1) is 0 Å². The molecular formula is C19H19NO6. The molecular weight excluding hydrogens is 338 g/mol. The number of methoxy groups -OCH3 is 3. The fourth-order valence-electron chi connectivity index (χ4n) is 2.16. The van der Waals surface area contributed by atoms with Crippen LogP contribution in [-0.4, -0.2) is 38.1 Å². The predicted octanol–water partition coefficient (Wildman–Crippen LogP) is 2.82. The number of carbonyl (C=O) groups is 2. The lowest BCUT2D eigenvalue weighted by atomic mass is 10.1. The summed E-state index contributed by atoms with van der Waals surface area (Å²) in [6, 6.07) is 11.2. The Balaban J connectivity index is 2.13. The van der Waals surface area contributed by atoms with Crippen LogP contribution in [0.25, 0.3) is 5.76 Å². The van der Waals surface area contributed by atoms with Crippen LogP contribution in [0.15, 0.2) is 48.5 Å². The van der Waals surface area contributed by atoms with E-state index in [4.69, 9.17) is 14.2 Å². The highest BCUT2D eigenvalue weighted by Crippen LogP contribution is 2.29. The molecule has 0 heterocycles. The number of amides is 1. The van der Waals surface area contributed by atoms with Crippen molar-refractivity contribution < 1.29 is 28.9 Å². The van der Waals surface area contributed by atoms with Crippen LogP contribution in [0.1, 0.15) is 5.56 Å². The number of anilines is 1. The van der Waals surface area contributed by atoms with Gasteiger partial charge in [0.05, 0.1) is 21.3 Å². The van der Waals surface area contributed by atoms with Crippen molar-refractivity contribution in [3.63, 3.8) is 0 Å². The van der Waals surface area contributed by atoms with E-state index in [0.29, 0.717) is 28.5 Å². The minimum absolute atomic E-state index is 0.337. The second kappa shape index (κ2) is 8.57. The third-order valence-electron chi connectivity index (χ3n) is 3.50. The van der Waals surface area contributed by atoms with Crippen LogP contribution in [0.4, 0.5) is 5.69 Å². The highest BCUT2D eigenvalue weighted by atomic mass is 16.5. The zero-order valence-corrected chi connectivity index (χ0v) is 14.6. The van der Waals surface area contributed by atoms with E-state index >= 15 is 0 Å². The minimum Gasteiger partial charge on any atom is -0.507 e. The van der Waals surface area contributed by atoms with Crippen LogP contribution in [0.3, 0.4) is 0 Å². The molecule has 2 N–H and O–H groups in total. The van der Waals surface area contributed by atoms with E-state index in [-0.39, 0.29) is 5.76 Å². The van der Waals surface area contributed by atoms with Crippen LogP contribution in [-0.2, 0) is 9.59 Å². The van der Waals surface area contributed by atoms with Crippen LogP contribution in [0.5, 0.6) is 17.2 Å². The molecule has 0 aliphatic heterocycles. The van der Waals surface area contributed by atoms with Crippen molar-refractivity contribution in [2.24, 2.45) is 0 Å². The summed E-state index contributed by atoms with van der Waals surface area (Å²) in [5, 5.41) is 12.5. The van der Waals surface area contributed by atoms with Crippen molar-refractivity contribution >= 4 is 23.1 Å². The number of hydrogen-bond acceptors (Lipinski definition) is 6. The van der Waals surface area contributed by atoms with Gasteiger partial charge in [-0.05, 0) is 24.3 Å². The molecule has 0 aromatic heterocycles. The molecule has 136 valence electrons. The normalized spacial score (nSPS) is 10.8. The van der Waals surface area contributed by atoms with E-state index in [1.807, 2.05) is 0 Å². The predicted molar refractivity (Wildman–Crippen MR) is 96.8 cm³/mol. The molecule has 0 radical (unpaired) electrons. The zero-order valence-electron chi connectivity index (χ0n) is 14.6. The monoisotopic (exact) mass is 357 g/mol. The Morgan fingerprint density at radius 3 is 2.35 bits per heavy atom. The van der Waals surface area contributed by atoms with Crippen molar-refractivity contribution in [1.29, 1.82) is 0 Å². The third kappa shape index (κ3) is 4.54. The van der Waals surface area contributed by atoms with E-state index in [1.54, 1.807) is 36.4 Å². The first-order valence-electron chi connectivity index (χ1n) is 7.61. The summed E-state index contributed by atoms with van der Waals surface area (Å²) in [6.07, 6.45) is 0.852. The molecule has 0 saturated carbocycles. The smallest absolute Gasteiger partial charge is 0.296 e. The number of ether oxygens (including phenoxy) is 3. The Labute approximate surface area is 150 Å². The average Bonchev–Trinajstić information content (AvgIpc) is 2.67. The lowest BCUT2D eigenvalue weighted by molar-refractivity contribution is -0.131. The van der Waals surface area contributed by atoms with Crippen LogP contribution < -0.4 is 19.5 Å². The molecule has 0 unspecified atom stereocenters. The number of rotatable bonds is 7. The number of aliphatic hydroxyl groups excluding tert-OH is 1. The summed E-state index contributed by atoms with van der Waals surface area (Å²) in [4.78, 5) is 24.1. The van der Waals surface area contributed by atoms with E-state index in [1.165, 1.54) is 27.4 Å².